The Morgan fingerprint density at radius 3 is 1.92 bits per heavy atom. The Morgan fingerprint density at radius 2 is 1.54 bits per heavy atom. The summed E-state index contributed by atoms with van der Waals surface area (Å²) in [5.41, 5.74) is 2.45. The fourth-order valence-corrected chi connectivity index (χ4v) is 5.19. The van der Waals surface area contributed by atoms with E-state index in [4.69, 9.17) is 0 Å². The van der Waals surface area contributed by atoms with E-state index in [0.717, 1.165) is 12.8 Å². The first-order valence-corrected chi connectivity index (χ1v) is 8.13. The molecular weight excluding hydrogens is 319 g/mol. The second kappa shape index (κ2) is 3.48. The lowest BCUT2D eigenvalue weighted by Gasteiger charge is -2.23. The van der Waals surface area contributed by atoms with Crippen molar-refractivity contribution in [1.29, 1.82) is 0 Å². The van der Waals surface area contributed by atoms with Crippen molar-refractivity contribution in [2.75, 3.05) is 12.3 Å². The van der Waals surface area contributed by atoms with Gasteiger partial charge >= 0.3 is 0 Å². The van der Waals surface area contributed by atoms with Gasteiger partial charge in [-0.2, -0.15) is 0 Å². The summed E-state index contributed by atoms with van der Waals surface area (Å²) in [5.74, 6) is 0. The van der Waals surface area contributed by atoms with Crippen LogP contribution in [0.25, 0.3) is 0 Å². The third-order valence-corrected chi connectivity index (χ3v) is 7.04. The average Bonchev–Trinajstić information content (AvgIpc) is 2.24. The minimum atomic E-state index is -2.82. The first-order valence-electron chi connectivity index (χ1n) is 4.27. The highest BCUT2D eigenvalue weighted by atomic mass is 79.9. The molecule has 0 radical (unpaired) electrons. The summed E-state index contributed by atoms with van der Waals surface area (Å²) in [6, 6.07) is 0. The Labute approximate surface area is 94.5 Å². The van der Waals surface area contributed by atoms with Gasteiger partial charge in [-0.15, -0.1) is 0 Å². The van der Waals surface area contributed by atoms with E-state index < -0.39 is 7.37 Å². The van der Waals surface area contributed by atoms with Crippen molar-refractivity contribution in [3.05, 3.63) is 11.1 Å². The maximum Gasteiger partial charge on any atom is 0.208 e. The topological polar surface area (TPSA) is 37.3 Å². The van der Waals surface area contributed by atoms with Gasteiger partial charge in [0.2, 0.25) is 7.37 Å². The van der Waals surface area contributed by atoms with E-state index in [0.29, 0.717) is 22.0 Å². The van der Waals surface area contributed by atoms with Crippen LogP contribution in [0, 0.1) is 0 Å². The molecule has 0 amide bonds. The van der Waals surface area contributed by atoms with Crippen LogP contribution >= 0.6 is 39.2 Å². The van der Waals surface area contributed by atoms with E-state index in [1.54, 1.807) is 0 Å². The highest BCUT2D eigenvalue weighted by Gasteiger charge is 2.37. The van der Waals surface area contributed by atoms with Crippen molar-refractivity contribution in [1.82, 2.24) is 0 Å². The molecule has 0 saturated heterocycles. The molecule has 5 heteroatoms. The summed E-state index contributed by atoms with van der Waals surface area (Å²) >= 11 is 7.15. The summed E-state index contributed by atoms with van der Waals surface area (Å²) in [5, 5.41) is 0. The zero-order chi connectivity index (χ0) is 9.64. The molecule has 0 saturated carbocycles. The molecule has 0 aromatic heterocycles. The lowest BCUT2D eigenvalue weighted by atomic mass is 9.94. The fraction of sp³-hybridized carbons (Fsp3) is 0.750. The van der Waals surface area contributed by atoms with Crippen LogP contribution in [0.15, 0.2) is 11.1 Å². The smallest absolute Gasteiger partial charge is 0.208 e. The second-order valence-corrected chi connectivity index (χ2v) is 8.49. The number of hydrogen-bond donors (Lipinski definition) is 1. The Bertz CT molecular complexity index is 287. The Balaban J connectivity index is 2.20. The average molecular weight is 330 g/mol. The molecule has 74 valence electrons. The van der Waals surface area contributed by atoms with Crippen molar-refractivity contribution >= 4 is 39.2 Å². The Morgan fingerprint density at radius 1 is 1.15 bits per heavy atom. The van der Waals surface area contributed by atoms with Gasteiger partial charge in [-0.1, -0.05) is 43.0 Å². The largest absolute Gasteiger partial charge is 0.344 e. The van der Waals surface area contributed by atoms with Crippen molar-refractivity contribution in [2.45, 2.75) is 22.5 Å². The van der Waals surface area contributed by atoms with Crippen LogP contribution in [-0.4, -0.2) is 26.9 Å². The SMILES string of the molecule is O=P1(O)CC2=C(C[C@H](Br)[C@@H](Br)C2)C1. The van der Waals surface area contributed by atoms with Crippen molar-refractivity contribution in [3.63, 3.8) is 0 Å². The summed E-state index contributed by atoms with van der Waals surface area (Å²) < 4.78 is 11.5. The van der Waals surface area contributed by atoms with Crippen molar-refractivity contribution in [3.8, 4) is 0 Å². The van der Waals surface area contributed by atoms with Gasteiger partial charge in [0.05, 0.1) is 0 Å². The van der Waals surface area contributed by atoms with Crippen molar-refractivity contribution in [2.24, 2.45) is 0 Å². The van der Waals surface area contributed by atoms with E-state index >= 15 is 0 Å². The summed E-state index contributed by atoms with van der Waals surface area (Å²) in [6.45, 7) is 0. The lowest BCUT2D eigenvalue weighted by Crippen LogP contribution is -2.21. The fourth-order valence-electron chi connectivity index (χ4n) is 2.02. The van der Waals surface area contributed by atoms with Gasteiger partial charge < -0.3 is 4.89 Å². The molecule has 0 aromatic rings. The molecule has 0 aromatic carbocycles. The highest BCUT2D eigenvalue weighted by Crippen LogP contribution is 2.55. The van der Waals surface area contributed by atoms with Gasteiger partial charge in [-0.25, -0.2) is 0 Å². The Hall–Kier alpha value is 0.890. The predicted molar refractivity (Wildman–Crippen MR) is 61.2 cm³/mol. The molecule has 2 nitrogen and oxygen atoms in total. The lowest BCUT2D eigenvalue weighted by molar-refractivity contribution is 0.485. The summed E-state index contributed by atoms with van der Waals surface area (Å²) in [7, 11) is -2.82. The molecule has 13 heavy (non-hydrogen) atoms. The number of alkyl halides is 2. The van der Waals surface area contributed by atoms with Crippen molar-refractivity contribution < 1.29 is 9.46 Å². The Kier molecular flexibility index (Phi) is 2.78. The number of rotatable bonds is 0. The zero-order valence-electron chi connectivity index (χ0n) is 7.04. The van der Waals surface area contributed by atoms with Gasteiger partial charge in [-0.05, 0) is 12.8 Å². The molecule has 0 fully saturated rings. The molecule has 2 aliphatic rings. The number of allylic oxidation sites excluding steroid dienone is 2. The normalized spacial score (nSPS) is 37.8. The summed E-state index contributed by atoms with van der Waals surface area (Å²) in [4.78, 5) is 10.3. The van der Waals surface area contributed by atoms with Gasteiger partial charge in [0.25, 0.3) is 0 Å². The molecule has 2 atom stereocenters. The monoisotopic (exact) mass is 328 g/mol. The maximum atomic E-state index is 11.5. The van der Waals surface area contributed by atoms with Crippen LogP contribution in [-0.2, 0) is 4.57 Å². The number of halogens is 2. The molecule has 0 spiro atoms. The molecule has 1 aliphatic heterocycles. The third kappa shape index (κ3) is 2.11. The van der Waals surface area contributed by atoms with Crippen LogP contribution in [0.5, 0.6) is 0 Å². The van der Waals surface area contributed by atoms with E-state index in [-0.39, 0.29) is 0 Å². The van der Waals surface area contributed by atoms with Gasteiger partial charge in [0.1, 0.15) is 0 Å². The standard InChI is InChI=1S/C8H11Br2O2P/c9-7-1-5-3-13(11,12)4-6(5)2-8(7)10/h7-8H,1-4H2,(H,11,12)/t7-,8-/m0/s1. The highest BCUT2D eigenvalue weighted by molar-refractivity contribution is 9.12. The third-order valence-electron chi connectivity index (χ3n) is 2.65. The quantitative estimate of drug-likeness (QED) is 0.421. The summed E-state index contributed by atoms with van der Waals surface area (Å²) in [6.07, 6.45) is 2.72. The van der Waals surface area contributed by atoms with Crippen LogP contribution in [0.3, 0.4) is 0 Å². The minimum absolute atomic E-state index is 0.421. The predicted octanol–water partition coefficient (Wildman–Crippen LogP) is 2.89. The second-order valence-electron chi connectivity index (χ2n) is 3.81. The first-order chi connectivity index (χ1) is 5.98. The first kappa shape index (κ1) is 10.4. The molecule has 1 heterocycles. The molecule has 2 rings (SSSR count). The van der Waals surface area contributed by atoms with E-state index in [2.05, 4.69) is 31.9 Å². The van der Waals surface area contributed by atoms with Gasteiger partial charge in [0.15, 0.2) is 0 Å². The molecular formula is C8H11Br2O2P. The van der Waals surface area contributed by atoms with Crippen LogP contribution in [0.2, 0.25) is 0 Å². The maximum absolute atomic E-state index is 11.5. The van der Waals surface area contributed by atoms with Gasteiger partial charge in [-0.3, -0.25) is 4.57 Å². The molecule has 1 N–H and O–H groups in total. The molecule has 0 bridgehead atoms. The van der Waals surface area contributed by atoms with E-state index in [1.165, 1.54) is 11.1 Å². The molecule has 1 aliphatic carbocycles. The van der Waals surface area contributed by atoms with Gasteiger partial charge in [0, 0.05) is 22.0 Å². The van der Waals surface area contributed by atoms with Crippen LogP contribution < -0.4 is 0 Å². The zero-order valence-corrected chi connectivity index (χ0v) is 11.1. The van der Waals surface area contributed by atoms with E-state index in [9.17, 15) is 9.46 Å². The van der Waals surface area contributed by atoms with Crippen LogP contribution in [0.4, 0.5) is 0 Å². The molecule has 0 unspecified atom stereocenters. The van der Waals surface area contributed by atoms with Crippen LogP contribution in [0.1, 0.15) is 12.8 Å². The minimum Gasteiger partial charge on any atom is -0.344 e. The van der Waals surface area contributed by atoms with E-state index in [1.807, 2.05) is 0 Å². The number of hydrogen-bond acceptors (Lipinski definition) is 1.